The Balaban J connectivity index is 1.78. The number of fused-ring (bicyclic) bond motifs is 2. The average molecular weight is 386 g/mol. The van der Waals surface area contributed by atoms with Crippen LogP contribution in [0.1, 0.15) is 15.9 Å². The van der Waals surface area contributed by atoms with Gasteiger partial charge in [0.2, 0.25) is 0 Å². The Labute approximate surface area is 161 Å². The van der Waals surface area contributed by atoms with Crippen LogP contribution >= 0.6 is 11.6 Å². The predicted molar refractivity (Wildman–Crippen MR) is 103 cm³/mol. The van der Waals surface area contributed by atoms with Crippen molar-refractivity contribution in [2.24, 2.45) is 0 Å². The van der Waals surface area contributed by atoms with Crippen LogP contribution in [0.5, 0.6) is 5.75 Å². The lowest BCUT2D eigenvalue weighted by Crippen LogP contribution is -2.34. The average Bonchev–Trinajstić information content (AvgIpc) is 2.69. The minimum atomic E-state index is -0.795. The van der Waals surface area contributed by atoms with Crippen LogP contribution in [-0.2, 0) is 11.3 Å². The predicted octanol–water partition coefficient (Wildman–Crippen LogP) is 4.82. The maximum absolute atomic E-state index is 14.6. The van der Waals surface area contributed by atoms with Crippen molar-refractivity contribution in [1.29, 1.82) is 0 Å². The van der Waals surface area contributed by atoms with Gasteiger partial charge in [-0.05, 0) is 22.4 Å². The van der Waals surface area contributed by atoms with E-state index in [9.17, 15) is 9.18 Å². The third kappa shape index (κ3) is 3.19. The smallest absolute Gasteiger partial charge is 0.343 e. The Bertz CT molecular complexity index is 1040. The number of esters is 1. The summed E-state index contributed by atoms with van der Waals surface area (Å²) in [5.41, 5.74) is 1.23. The van der Waals surface area contributed by atoms with Gasteiger partial charge in [0.1, 0.15) is 17.9 Å². The monoisotopic (exact) mass is 385 g/mol. The quantitative estimate of drug-likeness (QED) is 0.606. The van der Waals surface area contributed by atoms with Crippen LogP contribution in [0.3, 0.4) is 0 Å². The highest BCUT2D eigenvalue weighted by Gasteiger charge is 2.30. The van der Waals surface area contributed by atoms with E-state index in [0.717, 1.165) is 16.3 Å². The molecule has 0 unspecified atom stereocenters. The van der Waals surface area contributed by atoms with Gasteiger partial charge in [0, 0.05) is 12.6 Å². The standard InChI is InChI=1S/C21H17ClFNO3/c1-26-21(25)18-19(23)16(22)11-17-20(18)24(8-9-27-17)12-13-6-7-14-4-2-3-5-15(14)10-13/h2-7,10-11H,8-9,12H2,1H3. The molecule has 3 aromatic rings. The van der Waals surface area contributed by atoms with Crippen molar-refractivity contribution in [3.63, 3.8) is 0 Å². The molecule has 0 atom stereocenters. The van der Waals surface area contributed by atoms with E-state index in [2.05, 4.69) is 18.2 Å². The zero-order chi connectivity index (χ0) is 19.0. The van der Waals surface area contributed by atoms with Crippen molar-refractivity contribution in [2.75, 3.05) is 25.2 Å². The highest BCUT2D eigenvalue weighted by atomic mass is 35.5. The van der Waals surface area contributed by atoms with E-state index >= 15 is 0 Å². The number of carbonyl (C=O) groups excluding carboxylic acids is 1. The fraction of sp³-hybridized carbons (Fsp3) is 0.190. The van der Waals surface area contributed by atoms with Crippen molar-refractivity contribution in [3.8, 4) is 5.75 Å². The molecular formula is C21H17ClFNO3. The molecule has 0 aliphatic carbocycles. The Morgan fingerprint density at radius 3 is 2.78 bits per heavy atom. The summed E-state index contributed by atoms with van der Waals surface area (Å²) in [5, 5.41) is 2.11. The number of nitrogens with zero attached hydrogens (tertiary/aromatic N) is 1. The zero-order valence-corrected chi connectivity index (χ0v) is 15.4. The minimum absolute atomic E-state index is 0.165. The molecule has 1 aliphatic rings. The highest BCUT2D eigenvalue weighted by molar-refractivity contribution is 6.31. The summed E-state index contributed by atoms with van der Waals surface area (Å²) in [6.07, 6.45) is 0. The van der Waals surface area contributed by atoms with Crippen LogP contribution < -0.4 is 9.64 Å². The topological polar surface area (TPSA) is 38.8 Å². The summed E-state index contributed by atoms with van der Waals surface area (Å²) in [6.45, 7) is 1.44. The van der Waals surface area contributed by atoms with E-state index < -0.39 is 11.8 Å². The second-order valence-corrected chi connectivity index (χ2v) is 6.74. The number of carbonyl (C=O) groups is 1. The van der Waals surface area contributed by atoms with Gasteiger partial charge in [-0.3, -0.25) is 0 Å². The molecular weight excluding hydrogens is 369 g/mol. The van der Waals surface area contributed by atoms with Crippen molar-refractivity contribution < 1.29 is 18.7 Å². The first kappa shape index (κ1) is 17.6. The van der Waals surface area contributed by atoms with Gasteiger partial charge in [0.25, 0.3) is 0 Å². The lowest BCUT2D eigenvalue weighted by atomic mass is 10.0. The molecule has 4 nitrogen and oxygen atoms in total. The van der Waals surface area contributed by atoms with E-state index in [1.54, 1.807) is 0 Å². The van der Waals surface area contributed by atoms with Gasteiger partial charge in [-0.25, -0.2) is 9.18 Å². The van der Waals surface area contributed by atoms with Gasteiger partial charge in [0.05, 0.1) is 24.4 Å². The third-order valence-electron chi connectivity index (χ3n) is 4.67. The fourth-order valence-electron chi connectivity index (χ4n) is 3.40. The van der Waals surface area contributed by atoms with Crippen LogP contribution in [0, 0.1) is 5.82 Å². The maximum Gasteiger partial charge on any atom is 0.343 e. The molecule has 27 heavy (non-hydrogen) atoms. The summed E-state index contributed by atoms with van der Waals surface area (Å²) in [6, 6.07) is 15.7. The molecule has 0 aromatic heterocycles. The van der Waals surface area contributed by atoms with Gasteiger partial charge in [-0.1, -0.05) is 48.0 Å². The second kappa shape index (κ2) is 7.08. The molecule has 1 aliphatic heterocycles. The number of hydrogen-bond acceptors (Lipinski definition) is 4. The van der Waals surface area contributed by atoms with Crippen molar-refractivity contribution >= 4 is 34.0 Å². The van der Waals surface area contributed by atoms with Crippen LogP contribution in [0.25, 0.3) is 10.8 Å². The molecule has 3 aromatic carbocycles. The van der Waals surface area contributed by atoms with Gasteiger partial charge in [0.15, 0.2) is 5.82 Å². The third-order valence-corrected chi connectivity index (χ3v) is 4.94. The SMILES string of the molecule is COC(=O)c1c(F)c(Cl)cc2c1N(Cc1ccc3ccccc3c1)CCO2. The van der Waals surface area contributed by atoms with Gasteiger partial charge in [-0.15, -0.1) is 0 Å². The normalized spacial score (nSPS) is 13.2. The number of methoxy groups -OCH3 is 1. The molecule has 0 amide bonds. The molecule has 1 heterocycles. The molecule has 4 rings (SSSR count). The minimum Gasteiger partial charge on any atom is -0.489 e. The Morgan fingerprint density at radius 1 is 1.22 bits per heavy atom. The largest absolute Gasteiger partial charge is 0.489 e. The van der Waals surface area contributed by atoms with Crippen LogP contribution in [0.2, 0.25) is 5.02 Å². The second-order valence-electron chi connectivity index (χ2n) is 6.34. The summed E-state index contributed by atoms with van der Waals surface area (Å²) >= 11 is 5.94. The number of ether oxygens (including phenoxy) is 2. The summed E-state index contributed by atoms with van der Waals surface area (Å²) in [5.74, 6) is -1.19. The highest BCUT2D eigenvalue weighted by Crippen LogP contribution is 2.41. The van der Waals surface area contributed by atoms with Gasteiger partial charge >= 0.3 is 5.97 Å². The first-order valence-corrected chi connectivity index (χ1v) is 8.92. The summed E-state index contributed by atoms with van der Waals surface area (Å²) in [4.78, 5) is 14.2. The molecule has 0 spiro atoms. The number of anilines is 1. The molecule has 0 saturated heterocycles. The first-order valence-electron chi connectivity index (χ1n) is 8.54. The van der Waals surface area contributed by atoms with Crippen LogP contribution in [0.15, 0.2) is 48.5 Å². The number of hydrogen-bond donors (Lipinski definition) is 0. The maximum atomic E-state index is 14.6. The molecule has 6 heteroatoms. The molecule has 0 radical (unpaired) electrons. The van der Waals surface area contributed by atoms with E-state index in [4.69, 9.17) is 21.1 Å². The van der Waals surface area contributed by atoms with Gasteiger partial charge in [-0.2, -0.15) is 0 Å². The number of benzene rings is 3. The molecule has 0 bridgehead atoms. The molecule has 0 fully saturated rings. The summed E-state index contributed by atoms with van der Waals surface area (Å²) < 4.78 is 25.0. The lowest BCUT2D eigenvalue weighted by molar-refractivity contribution is 0.0595. The fourth-order valence-corrected chi connectivity index (χ4v) is 3.59. The zero-order valence-electron chi connectivity index (χ0n) is 14.7. The number of halogens is 2. The Hall–Kier alpha value is -2.79. The Kier molecular flexibility index (Phi) is 4.62. The number of rotatable bonds is 3. The molecule has 138 valence electrons. The van der Waals surface area contributed by atoms with E-state index in [0.29, 0.717) is 31.1 Å². The summed E-state index contributed by atoms with van der Waals surface area (Å²) in [7, 11) is 1.21. The molecule has 0 N–H and O–H groups in total. The first-order chi connectivity index (χ1) is 13.1. The van der Waals surface area contributed by atoms with Crippen molar-refractivity contribution in [3.05, 3.63) is 70.5 Å². The van der Waals surface area contributed by atoms with Crippen LogP contribution in [-0.4, -0.2) is 26.2 Å². The van der Waals surface area contributed by atoms with E-state index in [-0.39, 0.29) is 10.6 Å². The van der Waals surface area contributed by atoms with Crippen molar-refractivity contribution in [2.45, 2.75) is 6.54 Å². The van der Waals surface area contributed by atoms with E-state index in [1.165, 1.54) is 13.2 Å². The molecule has 0 saturated carbocycles. The Morgan fingerprint density at radius 2 is 2.00 bits per heavy atom. The van der Waals surface area contributed by atoms with Gasteiger partial charge < -0.3 is 14.4 Å². The lowest BCUT2D eigenvalue weighted by Gasteiger charge is -2.33. The van der Waals surface area contributed by atoms with E-state index in [1.807, 2.05) is 29.2 Å². The van der Waals surface area contributed by atoms with Crippen LogP contribution in [0.4, 0.5) is 10.1 Å². The van der Waals surface area contributed by atoms with Crippen molar-refractivity contribution in [1.82, 2.24) is 0 Å².